The maximum absolute atomic E-state index is 12.0. The number of ketones is 1. The predicted octanol–water partition coefficient (Wildman–Crippen LogP) is 0.460. The first-order valence-electron chi connectivity index (χ1n) is 5.57. The lowest BCUT2D eigenvalue weighted by atomic mass is 9.97. The first kappa shape index (κ1) is 10.6. The second kappa shape index (κ2) is 4.31. The van der Waals surface area contributed by atoms with E-state index in [2.05, 4.69) is 0 Å². The van der Waals surface area contributed by atoms with E-state index in [-0.39, 0.29) is 23.5 Å². The van der Waals surface area contributed by atoms with Crippen LogP contribution in [0.5, 0.6) is 0 Å². The fourth-order valence-corrected chi connectivity index (χ4v) is 2.20. The molecule has 2 rings (SSSR count). The van der Waals surface area contributed by atoms with Gasteiger partial charge < -0.3 is 9.64 Å². The molecule has 4 heteroatoms. The predicted molar refractivity (Wildman–Crippen MR) is 54.3 cm³/mol. The number of likely N-dealkylation sites (tertiary alicyclic amines) is 1. The molecule has 15 heavy (non-hydrogen) atoms. The molecule has 0 aromatic carbocycles. The van der Waals surface area contributed by atoms with Crippen LogP contribution < -0.4 is 0 Å². The lowest BCUT2D eigenvalue weighted by Gasteiger charge is -2.31. The van der Waals surface area contributed by atoms with E-state index in [4.69, 9.17) is 4.74 Å². The quantitative estimate of drug-likeness (QED) is 0.633. The zero-order valence-electron chi connectivity index (χ0n) is 9.07. The van der Waals surface area contributed by atoms with Crippen molar-refractivity contribution in [2.75, 3.05) is 26.3 Å². The van der Waals surface area contributed by atoms with E-state index in [1.807, 2.05) is 11.8 Å². The zero-order valence-corrected chi connectivity index (χ0v) is 9.07. The number of piperidine rings is 1. The molecular weight excluding hydrogens is 194 g/mol. The molecule has 0 aromatic rings. The van der Waals surface area contributed by atoms with Gasteiger partial charge in [-0.25, -0.2) is 0 Å². The van der Waals surface area contributed by atoms with Crippen LogP contribution in [0.25, 0.3) is 0 Å². The first-order chi connectivity index (χ1) is 7.18. The smallest absolute Gasteiger partial charge is 0.228 e. The maximum atomic E-state index is 12.0. The van der Waals surface area contributed by atoms with Crippen molar-refractivity contribution in [2.45, 2.75) is 19.8 Å². The van der Waals surface area contributed by atoms with Crippen molar-refractivity contribution in [1.29, 1.82) is 0 Å². The molecule has 2 fully saturated rings. The van der Waals surface area contributed by atoms with Crippen LogP contribution in [0.2, 0.25) is 0 Å². The van der Waals surface area contributed by atoms with Gasteiger partial charge in [0.05, 0.1) is 12.5 Å². The van der Waals surface area contributed by atoms with Gasteiger partial charge >= 0.3 is 0 Å². The fourth-order valence-electron chi connectivity index (χ4n) is 2.20. The lowest BCUT2D eigenvalue weighted by Crippen LogP contribution is -2.45. The van der Waals surface area contributed by atoms with Gasteiger partial charge in [-0.1, -0.05) is 6.92 Å². The van der Waals surface area contributed by atoms with E-state index in [0.29, 0.717) is 32.7 Å². The summed E-state index contributed by atoms with van der Waals surface area (Å²) < 4.78 is 5.20. The van der Waals surface area contributed by atoms with Crippen LogP contribution in [0.4, 0.5) is 0 Å². The molecule has 2 aliphatic rings. The van der Waals surface area contributed by atoms with Crippen molar-refractivity contribution in [3.8, 4) is 0 Å². The summed E-state index contributed by atoms with van der Waals surface area (Å²) in [5, 5.41) is 0. The van der Waals surface area contributed by atoms with Crippen LogP contribution in [0.15, 0.2) is 0 Å². The number of hydrogen-bond donors (Lipinski definition) is 0. The van der Waals surface area contributed by atoms with Crippen LogP contribution in [0, 0.1) is 11.8 Å². The van der Waals surface area contributed by atoms with Gasteiger partial charge in [0.25, 0.3) is 0 Å². The number of carbonyl (C=O) groups excluding carboxylic acids is 2. The molecule has 0 saturated carbocycles. The summed E-state index contributed by atoms with van der Waals surface area (Å²) in [6.07, 6.45) is 1.35. The highest BCUT2D eigenvalue weighted by molar-refractivity contribution is 5.85. The van der Waals surface area contributed by atoms with Crippen LogP contribution in [0.1, 0.15) is 19.8 Å². The van der Waals surface area contributed by atoms with Crippen LogP contribution in [-0.2, 0) is 14.3 Å². The van der Waals surface area contributed by atoms with E-state index in [9.17, 15) is 9.59 Å². The van der Waals surface area contributed by atoms with Crippen LogP contribution in [-0.4, -0.2) is 42.9 Å². The summed E-state index contributed by atoms with van der Waals surface area (Å²) in [6.45, 7) is 4.33. The second-order valence-corrected chi connectivity index (χ2v) is 4.46. The Hall–Kier alpha value is -0.900. The van der Waals surface area contributed by atoms with Crippen molar-refractivity contribution in [3.05, 3.63) is 0 Å². The van der Waals surface area contributed by atoms with Crippen molar-refractivity contribution in [3.63, 3.8) is 0 Å². The third-order valence-corrected chi connectivity index (χ3v) is 3.26. The van der Waals surface area contributed by atoms with Gasteiger partial charge in [0.1, 0.15) is 5.78 Å². The van der Waals surface area contributed by atoms with E-state index in [0.717, 1.165) is 6.42 Å². The number of nitrogens with zero attached hydrogens (tertiary/aromatic N) is 1. The van der Waals surface area contributed by atoms with Gasteiger partial charge in [0.2, 0.25) is 5.91 Å². The minimum atomic E-state index is 0.00465. The molecule has 2 saturated heterocycles. The molecule has 0 aromatic heterocycles. The molecule has 0 N–H and O–H groups in total. The fraction of sp³-hybridized carbons (Fsp3) is 0.818. The largest absolute Gasteiger partial charge is 0.381 e. The molecule has 0 bridgehead atoms. The van der Waals surface area contributed by atoms with Gasteiger partial charge in [-0.2, -0.15) is 0 Å². The van der Waals surface area contributed by atoms with Crippen molar-refractivity contribution in [1.82, 2.24) is 4.90 Å². The van der Waals surface area contributed by atoms with Gasteiger partial charge in [0, 0.05) is 32.0 Å². The van der Waals surface area contributed by atoms with Gasteiger partial charge in [-0.05, 0) is 6.42 Å². The van der Waals surface area contributed by atoms with E-state index >= 15 is 0 Å². The minimum Gasteiger partial charge on any atom is -0.381 e. The molecule has 2 aliphatic heterocycles. The summed E-state index contributed by atoms with van der Waals surface area (Å²) in [5.74, 6) is 0.490. The Labute approximate surface area is 89.6 Å². The Morgan fingerprint density at radius 3 is 2.93 bits per heavy atom. The number of ether oxygens (including phenoxy) is 1. The highest BCUT2D eigenvalue weighted by atomic mass is 16.5. The number of rotatable bonds is 1. The van der Waals surface area contributed by atoms with E-state index in [1.165, 1.54) is 0 Å². The molecule has 84 valence electrons. The molecule has 2 heterocycles. The zero-order chi connectivity index (χ0) is 10.8. The third-order valence-electron chi connectivity index (χ3n) is 3.26. The standard InChI is InChI=1S/C11H17NO3/c1-8-6-12(4-2-10(8)13)11(14)9-3-5-15-7-9/h8-9H,2-7H2,1H3. The normalized spacial score (nSPS) is 32.1. The van der Waals surface area contributed by atoms with E-state index in [1.54, 1.807) is 0 Å². The Bertz CT molecular complexity index is 271. The van der Waals surface area contributed by atoms with Crippen molar-refractivity contribution >= 4 is 11.7 Å². The van der Waals surface area contributed by atoms with Crippen LogP contribution >= 0.6 is 0 Å². The molecule has 0 aliphatic carbocycles. The molecular formula is C11H17NO3. The summed E-state index contributed by atoms with van der Waals surface area (Å²) >= 11 is 0. The van der Waals surface area contributed by atoms with Gasteiger partial charge in [0.15, 0.2) is 0 Å². The molecule has 4 nitrogen and oxygen atoms in total. The number of carbonyl (C=O) groups is 2. The van der Waals surface area contributed by atoms with Crippen molar-refractivity contribution in [2.24, 2.45) is 11.8 Å². The first-order valence-corrected chi connectivity index (χ1v) is 5.57. The van der Waals surface area contributed by atoms with E-state index < -0.39 is 0 Å². The lowest BCUT2D eigenvalue weighted by molar-refractivity contribution is -0.140. The summed E-state index contributed by atoms with van der Waals surface area (Å²) in [5.41, 5.74) is 0. The van der Waals surface area contributed by atoms with Gasteiger partial charge in [-0.3, -0.25) is 9.59 Å². The highest BCUT2D eigenvalue weighted by Crippen LogP contribution is 2.19. The summed E-state index contributed by atoms with van der Waals surface area (Å²) in [4.78, 5) is 25.1. The Kier molecular flexibility index (Phi) is 3.05. The average molecular weight is 211 g/mol. The Balaban J connectivity index is 1.93. The van der Waals surface area contributed by atoms with Crippen molar-refractivity contribution < 1.29 is 14.3 Å². The van der Waals surface area contributed by atoms with Gasteiger partial charge in [-0.15, -0.1) is 0 Å². The van der Waals surface area contributed by atoms with Crippen LogP contribution in [0.3, 0.4) is 0 Å². The summed E-state index contributed by atoms with van der Waals surface area (Å²) in [7, 11) is 0. The monoisotopic (exact) mass is 211 g/mol. The molecule has 0 radical (unpaired) electrons. The highest BCUT2D eigenvalue weighted by Gasteiger charge is 2.32. The molecule has 1 amide bonds. The Morgan fingerprint density at radius 1 is 1.53 bits per heavy atom. The number of hydrogen-bond acceptors (Lipinski definition) is 3. The third kappa shape index (κ3) is 2.20. The molecule has 2 unspecified atom stereocenters. The Morgan fingerprint density at radius 2 is 2.33 bits per heavy atom. The molecule has 0 spiro atoms. The maximum Gasteiger partial charge on any atom is 0.228 e. The number of amides is 1. The second-order valence-electron chi connectivity index (χ2n) is 4.46. The topological polar surface area (TPSA) is 46.6 Å². The summed E-state index contributed by atoms with van der Waals surface area (Å²) in [6, 6.07) is 0. The SMILES string of the molecule is CC1CN(C(=O)C2CCOC2)CCC1=O. The minimum absolute atomic E-state index is 0.00465. The average Bonchev–Trinajstić information content (AvgIpc) is 2.74. The molecule has 2 atom stereocenters. The number of Topliss-reactive ketones (excluding diaryl/α,β-unsaturated/α-hetero) is 1.